The van der Waals surface area contributed by atoms with Crippen LogP contribution in [-0.4, -0.2) is 42.4 Å². The number of nitrogens with zero attached hydrogens (tertiary/aromatic N) is 1. The zero-order valence-corrected chi connectivity index (χ0v) is 10.8. The third kappa shape index (κ3) is 5.76. The van der Waals surface area contributed by atoms with Gasteiger partial charge in [-0.15, -0.1) is 11.3 Å². The van der Waals surface area contributed by atoms with Crippen LogP contribution in [0.15, 0.2) is 5.38 Å². The molecule has 0 bridgehead atoms. The number of carbonyl (C=O) groups is 1. The molecule has 0 aliphatic rings. The van der Waals surface area contributed by atoms with Crippen molar-refractivity contribution in [3.8, 4) is 0 Å². The molecular weight excluding hydrogens is 240 g/mol. The Morgan fingerprint density at radius 2 is 2.41 bits per heavy atom. The topological polar surface area (TPSA) is 71.5 Å². The highest BCUT2D eigenvalue weighted by molar-refractivity contribution is 7.09. The molecule has 5 nitrogen and oxygen atoms in total. The molecule has 0 radical (unpaired) electrons. The van der Waals surface area contributed by atoms with E-state index in [0.29, 0.717) is 0 Å². The van der Waals surface area contributed by atoms with Crippen LogP contribution in [0, 0.1) is 0 Å². The highest BCUT2D eigenvalue weighted by Crippen LogP contribution is 2.09. The Morgan fingerprint density at radius 3 is 3.06 bits per heavy atom. The van der Waals surface area contributed by atoms with Gasteiger partial charge in [0.15, 0.2) is 5.69 Å². The number of aromatic nitrogens is 1. The van der Waals surface area contributed by atoms with E-state index in [2.05, 4.69) is 10.3 Å². The van der Waals surface area contributed by atoms with Crippen LogP contribution < -0.4 is 5.32 Å². The minimum Gasteiger partial charge on any atom is -0.476 e. The van der Waals surface area contributed by atoms with E-state index < -0.39 is 5.97 Å². The Kier molecular flexibility index (Phi) is 6.76. The second-order valence-electron chi connectivity index (χ2n) is 3.48. The number of carboxylic acids is 1. The van der Waals surface area contributed by atoms with Crippen molar-refractivity contribution in [2.24, 2.45) is 0 Å². The zero-order chi connectivity index (χ0) is 12.5. The van der Waals surface area contributed by atoms with Gasteiger partial charge in [-0.1, -0.05) is 0 Å². The van der Waals surface area contributed by atoms with Crippen LogP contribution in [0.3, 0.4) is 0 Å². The normalized spacial score (nSPS) is 10.6. The van der Waals surface area contributed by atoms with Gasteiger partial charge in [-0.3, -0.25) is 0 Å². The average molecular weight is 258 g/mol. The van der Waals surface area contributed by atoms with E-state index in [-0.39, 0.29) is 5.69 Å². The Morgan fingerprint density at radius 1 is 1.59 bits per heavy atom. The third-order valence-electron chi connectivity index (χ3n) is 2.13. The smallest absolute Gasteiger partial charge is 0.355 e. The van der Waals surface area contributed by atoms with Crippen LogP contribution in [0.25, 0.3) is 0 Å². The van der Waals surface area contributed by atoms with Crippen LogP contribution in [0.4, 0.5) is 0 Å². The molecule has 0 fully saturated rings. The number of carboxylic acid groups (broad SMARTS) is 1. The maximum atomic E-state index is 10.6. The lowest BCUT2D eigenvalue weighted by Gasteiger charge is -2.03. The SMILES string of the molecule is CCOCCCNCCc1nc(C(=O)O)cs1. The van der Waals surface area contributed by atoms with Gasteiger partial charge in [-0.25, -0.2) is 9.78 Å². The van der Waals surface area contributed by atoms with Gasteiger partial charge in [0.1, 0.15) is 0 Å². The second-order valence-corrected chi connectivity index (χ2v) is 4.42. The first kappa shape index (κ1) is 14.1. The first-order valence-electron chi connectivity index (χ1n) is 5.70. The molecule has 0 amide bonds. The van der Waals surface area contributed by atoms with Gasteiger partial charge in [-0.2, -0.15) is 0 Å². The fourth-order valence-electron chi connectivity index (χ4n) is 1.29. The molecule has 0 aliphatic heterocycles. The Balaban J connectivity index is 2.07. The molecule has 0 aromatic carbocycles. The molecule has 0 spiro atoms. The minimum atomic E-state index is -0.961. The Bertz CT molecular complexity index is 341. The minimum absolute atomic E-state index is 0.140. The summed E-state index contributed by atoms with van der Waals surface area (Å²) >= 11 is 1.39. The fourth-order valence-corrected chi connectivity index (χ4v) is 2.06. The van der Waals surface area contributed by atoms with Crippen LogP contribution in [-0.2, 0) is 11.2 Å². The Hall–Kier alpha value is -0.980. The maximum Gasteiger partial charge on any atom is 0.355 e. The lowest BCUT2D eigenvalue weighted by Crippen LogP contribution is -2.19. The summed E-state index contributed by atoms with van der Waals surface area (Å²) in [4.78, 5) is 14.6. The van der Waals surface area contributed by atoms with Crippen molar-refractivity contribution < 1.29 is 14.6 Å². The quantitative estimate of drug-likeness (QED) is 0.655. The number of rotatable bonds is 9. The monoisotopic (exact) mass is 258 g/mol. The molecule has 1 rings (SSSR count). The van der Waals surface area contributed by atoms with E-state index in [4.69, 9.17) is 9.84 Å². The number of hydrogen-bond donors (Lipinski definition) is 2. The van der Waals surface area contributed by atoms with Crippen molar-refractivity contribution in [3.63, 3.8) is 0 Å². The lowest BCUT2D eigenvalue weighted by molar-refractivity contribution is 0.0691. The standard InChI is InChI=1S/C11H18N2O3S/c1-2-16-7-3-5-12-6-4-10-13-9(8-17-10)11(14)15/h8,12H,2-7H2,1H3,(H,14,15). The molecule has 96 valence electrons. The van der Waals surface area contributed by atoms with E-state index in [9.17, 15) is 4.79 Å². The van der Waals surface area contributed by atoms with Crippen molar-refractivity contribution in [1.29, 1.82) is 0 Å². The van der Waals surface area contributed by atoms with E-state index in [1.165, 1.54) is 11.3 Å². The van der Waals surface area contributed by atoms with Crippen molar-refractivity contribution >= 4 is 17.3 Å². The summed E-state index contributed by atoms with van der Waals surface area (Å²) in [6, 6.07) is 0. The maximum absolute atomic E-state index is 10.6. The molecule has 0 unspecified atom stereocenters. The molecule has 6 heteroatoms. The summed E-state index contributed by atoms with van der Waals surface area (Å²) in [6.45, 7) is 5.26. The highest BCUT2D eigenvalue weighted by Gasteiger charge is 2.07. The molecule has 0 saturated heterocycles. The van der Waals surface area contributed by atoms with Crippen molar-refractivity contribution in [2.75, 3.05) is 26.3 Å². The molecule has 2 N–H and O–H groups in total. The van der Waals surface area contributed by atoms with E-state index in [0.717, 1.165) is 44.2 Å². The molecular formula is C11H18N2O3S. The summed E-state index contributed by atoms with van der Waals surface area (Å²) in [5.41, 5.74) is 0.140. The molecule has 1 aromatic heterocycles. The molecule has 17 heavy (non-hydrogen) atoms. The average Bonchev–Trinajstić information content (AvgIpc) is 2.77. The number of hydrogen-bond acceptors (Lipinski definition) is 5. The summed E-state index contributed by atoms with van der Waals surface area (Å²) in [6.07, 6.45) is 1.76. The summed E-state index contributed by atoms with van der Waals surface area (Å²) < 4.78 is 5.21. The Labute approximate surface area is 105 Å². The largest absolute Gasteiger partial charge is 0.476 e. The van der Waals surface area contributed by atoms with Gasteiger partial charge in [0.25, 0.3) is 0 Å². The number of ether oxygens (including phenoxy) is 1. The van der Waals surface area contributed by atoms with E-state index in [1.807, 2.05) is 6.92 Å². The van der Waals surface area contributed by atoms with E-state index in [1.54, 1.807) is 5.38 Å². The number of aromatic carboxylic acids is 1. The second kappa shape index (κ2) is 8.16. The van der Waals surface area contributed by atoms with Crippen molar-refractivity contribution in [1.82, 2.24) is 10.3 Å². The van der Waals surface area contributed by atoms with Gasteiger partial charge in [0.2, 0.25) is 0 Å². The van der Waals surface area contributed by atoms with E-state index >= 15 is 0 Å². The van der Waals surface area contributed by atoms with Gasteiger partial charge in [0, 0.05) is 31.6 Å². The van der Waals surface area contributed by atoms with Crippen LogP contribution >= 0.6 is 11.3 Å². The highest BCUT2D eigenvalue weighted by atomic mass is 32.1. The number of nitrogens with one attached hydrogen (secondary N) is 1. The first-order valence-corrected chi connectivity index (χ1v) is 6.58. The lowest BCUT2D eigenvalue weighted by atomic mass is 10.4. The third-order valence-corrected chi connectivity index (χ3v) is 3.04. The van der Waals surface area contributed by atoms with Gasteiger partial charge in [0.05, 0.1) is 5.01 Å². The molecule has 1 aromatic rings. The van der Waals surface area contributed by atoms with Gasteiger partial charge < -0.3 is 15.2 Å². The van der Waals surface area contributed by atoms with Crippen LogP contribution in [0.5, 0.6) is 0 Å². The molecule has 0 atom stereocenters. The van der Waals surface area contributed by atoms with Crippen LogP contribution in [0.1, 0.15) is 28.8 Å². The predicted molar refractivity (Wildman–Crippen MR) is 66.8 cm³/mol. The van der Waals surface area contributed by atoms with Gasteiger partial charge in [-0.05, 0) is 19.9 Å². The van der Waals surface area contributed by atoms with Crippen molar-refractivity contribution in [3.05, 3.63) is 16.1 Å². The zero-order valence-electron chi connectivity index (χ0n) is 9.94. The molecule has 0 aliphatic carbocycles. The predicted octanol–water partition coefficient (Wildman–Crippen LogP) is 1.40. The van der Waals surface area contributed by atoms with Crippen molar-refractivity contribution in [2.45, 2.75) is 19.8 Å². The van der Waals surface area contributed by atoms with Gasteiger partial charge >= 0.3 is 5.97 Å². The first-order chi connectivity index (χ1) is 8.24. The number of thiazole rings is 1. The summed E-state index contributed by atoms with van der Waals surface area (Å²) in [5, 5.41) is 14.4. The summed E-state index contributed by atoms with van der Waals surface area (Å²) in [7, 11) is 0. The van der Waals surface area contributed by atoms with Crippen LogP contribution in [0.2, 0.25) is 0 Å². The molecule has 0 saturated carbocycles. The fraction of sp³-hybridized carbons (Fsp3) is 0.636. The molecule has 1 heterocycles. The summed E-state index contributed by atoms with van der Waals surface area (Å²) in [5.74, 6) is -0.961.